The second-order valence-corrected chi connectivity index (χ2v) is 14.3. The number of nitrogens with one attached hydrogen (secondary N) is 1. The molecule has 1 aliphatic carbocycles. The van der Waals surface area contributed by atoms with E-state index in [1.807, 2.05) is 0 Å². The van der Waals surface area contributed by atoms with E-state index in [2.05, 4.69) is 199 Å². The van der Waals surface area contributed by atoms with Crippen LogP contribution in [0, 0.1) is 0 Å². The molecule has 2 heterocycles. The third-order valence-corrected chi connectivity index (χ3v) is 11.4. The van der Waals surface area contributed by atoms with Gasteiger partial charge in [-0.1, -0.05) is 176 Å². The molecule has 1 N–H and O–H groups in total. The molecule has 0 amide bonds. The van der Waals surface area contributed by atoms with Crippen molar-refractivity contribution in [2.45, 2.75) is 11.6 Å². The number of ether oxygens (including phenoxy) is 1. The van der Waals surface area contributed by atoms with Crippen LogP contribution in [-0.4, -0.2) is 5.71 Å². The molecule has 1 atom stereocenters. The van der Waals surface area contributed by atoms with Crippen LogP contribution in [0.5, 0.6) is 11.5 Å². The van der Waals surface area contributed by atoms with Crippen molar-refractivity contribution in [1.29, 1.82) is 0 Å². The Morgan fingerprint density at radius 3 is 1.76 bits per heavy atom. The third-order valence-electron chi connectivity index (χ3n) is 11.4. The molecule has 11 rings (SSSR count). The maximum atomic E-state index is 6.98. The lowest BCUT2D eigenvalue weighted by Gasteiger charge is -2.40. The van der Waals surface area contributed by atoms with Crippen LogP contribution in [0.3, 0.4) is 0 Å². The van der Waals surface area contributed by atoms with Crippen molar-refractivity contribution in [1.82, 2.24) is 0 Å². The van der Waals surface area contributed by atoms with E-state index in [9.17, 15) is 0 Å². The smallest absolute Gasteiger partial charge is 0.145 e. The lowest BCUT2D eigenvalue weighted by molar-refractivity contribution is 0.438. The molecule has 8 aromatic rings. The molecule has 254 valence electrons. The highest BCUT2D eigenvalue weighted by molar-refractivity contribution is 6.17. The Labute approximate surface area is 314 Å². The quantitative estimate of drug-likeness (QED) is 0.199. The Kier molecular flexibility index (Phi) is 6.83. The van der Waals surface area contributed by atoms with Crippen LogP contribution in [0.15, 0.2) is 199 Å². The molecule has 3 heteroatoms. The summed E-state index contributed by atoms with van der Waals surface area (Å²) in [5.41, 5.74) is 16.8. The maximum absolute atomic E-state index is 6.98. The number of aliphatic imine (C=N–C) groups is 1. The molecule has 0 fully saturated rings. The summed E-state index contributed by atoms with van der Waals surface area (Å²) in [4.78, 5) is 5.40. The van der Waals surface area contributed by atoms with Gasteiger partial charge < -0.3 is 10.1 Å². The first kappa shape index (κ1) is 30.6. The molecular formula is C51H34N2O. The van der Waals surface area contributed by atoms with E-state index in [0.29, 0.717) is 0 Å². The van der Waals surface area contributed by atoms with Crippen molar-refractivity contribution in [2.24, 2.45) is 4.99 Å². The van der Waals surface area contributed by atoms with Gasteiger partial charge in [0, 0.05) is 33.5 Å². The SMILES string of the molecule is c1ccc(-c2ccc(C3=NC(c4cccc(-c5cccc6c5Oc5ccccc5C65c6ccccc6-c6ccccc65)c4)Nc4ccccc43)cc2)cc1. The van der Waals surface area contributed by atoms with Crippen LogP contribution >= 0.6 is 0 Å². The molecule has 54 heavy (non-hydrogen) atoms. The first-order chi connectivity index (χ1) is 26.8. The summed E-state index contributed by atoms with van der Waals surface area (Å²) in [6.07, 6.45) is -0.273. The van der Waals surface area contributed by atoms with Gasteiger partial charge in [-0.3, -0.25) is 4.99 Å². The normalized spacial score (nSPS) is 15.4. The molecular weight excluding hydrogens is 657 g/mol. The molecule has 3 aliphatic rings. The van der Waals surface area contributed by atoms with Gasteiger partial charge in [-0.15, -0.1) is 0 Å². The number of fused-ring (bicyclic) bond motifs is 10. The highest BCUT2D eigenvalue weighted by Crippen LogP contribution is 2.63. The lowest BCUT2D eigenvalue weighted by atomic mass is 9.65. The Balaban J connectivity index is 1.04. The van der Waals surface area contributed by atoms with Crippen molar-refractivity contribution in [3.63, 3.8) is 0 Å². The van der Waals surface area contributed by atoms with Gasteiger partial charge in [0.25, 0.3) is 0 Å². The van der Waals surface area contributed by atoms with E-state index in [1.54, 1.807) is 0 Å². The number of para-hydroxylation sites is 3. The molecule has 0 saturated heterocycles. The molecule has 8 aromatic carbocycles. The highest BCUT2D eigenvalue weighted by atomic mass is 16.5. The predicted octanol–water partition coefficient (Wildman–Crippen LogP) is 12.5. The van der Waals surface area contributed by atoms with Gasteiger partial charge in [-0.25, -0.2) is 0 Å². The van der Waals surface area contributed by atoms with Crippen molar-refractivity contribution >= 4 is 11.4 Å². The summed E-state index contributed by atoms with van der Waals surface area (Å²) in [6.45, 7) is 0. The van der Waals surface area contributed by atoms with Crippen LogP contribution < -0.4 is 10.1 Å². The molecule has 2 aliphatic heterocycles. The first-order valence-corrected chi connectivity index (χ1v) is 18.6. The number of anilines is 1. The average Bonchev–Trinajstić information content (AvgIpc) is 3.54. The Bertz CT molecular complexity index is 2740. The van der Waals surface area contributed by atoms with Gasteiger partial charge in [0.2, 0.25) is 0 Å². The van der Waals surface area contributed by atoms with Gasteiger partial charge in [0.05, 0.1) is 11.1 Å². The van der Waals surface area contributed by atoms with Crippen LogP contribution in [0.4, 0.5) is 5.69 Å². The monoisotopic (exact) mass is 690 g/mol. The van der Waals surface area contributed by atoms with Gasteiger partial charge in [0.15, 0.2) is 0 Å². The van der Waals surface area contributed by atoms with Crippen LogP contribution in [-0.2, 0) is 5.41 Å². The zero-order chi connectivity index (χ0) is 35.6. The standard InChI is InChI=1S/C51H34N2O/c1-2-14-33(15-3-1)34-28-30-35(31-29-34)48-41-20-6-10-26-46(41)52-50(53-48)37-17-12-16-36(32-37)38-21-13-25-45-49(38)54-47-27-11-9-24-44(47)51(45)42-22-7-4-18-39(42)40-19-5-8-23-43(40)51/h1-32,50,52H. The van der Waals surface area contributed by atoms with E-state index in [1.165, 1.54) is 38.9 Å². The predicted molar refractivity (Wildman–Crippen MR) is 220 cm³/mol. The van der Waals surface area contributed by atoms with Crippen molar-refractivity contribution < 1.29 is 4.74 Å². The summed E-state index contributed by atoms with van der Waals surface area (Å²) < 4.78 is 6.98. The average molecular weight is 691 g/mol. The minimum Gasteiger partial charge on any atom is -0.456 e. The van der Waals surface area contributed by atoms with E-state index in [0.717, 1.165) is 56.3 Å². The van der Waals surface area contributed by atoms with Gasteiger partial charge in [0.1, 0.15) is 17.7 Å². The fourth-order valence-electron chi connectivity index (χ4n) is 9.01. The number of hydrogen-bond acceptors (Lipinski definition) is 3. The van der Waals surface area contributed by atoms with Gasteiger partial charge in [-0.2, -0.15) is 0 Å². The minimum atomic E-state index is -0.505. The van der Waals surface area contributed by atoms with E-state index in [4.69, 9.17) is 9.73 Å². The highest BCUT2D eigenvalue weighted by Gasteiger charge is 2.51. The summed E-state index contributed by atoms with van der Waals surface area (Å²) in [5, 5.41) is 3.75. The Hall–Kier alpha value is -6.97. The molecule has 0 saturated carbocycles. The topological polar surface area (TPSA) is 33.6 Å². The van der Waals surface area contributed by atoms with Crippen LogP contribution in [0.25, 0.3) is 33.4 Å². The first-order valence-electron chi connectivity index (χ1n) is 18.6. The third kappa shape index (κ3) is 4.52. The Morgan fingerprint density at radius 1 is 0.426 bits per heavy atom. The second kappa shape index (κ2) is 12.0. The summed E-state index contributed by atoms with van der Waals surface area (Å²) >= 11 is 0. The van der Waals surface area contributed by atoms with Crippen molar-refractivity contribution in [2.75, 3.05) is 5.32 Å². The molecule has 1 unspecified atom stereocenters. The fourth-order valence-corrected chi connectivity index (χ4v) is 9.01. The van der Waals surface area contributed by atoms with Gasteiger partial charge in [-0.05, 0) is 62.7 Å². The lowest BCUT2D eigenvalue weighted by Crippen LogP contribution is -2.32. The zero-order valence-electron chi connectivity index (χ0n) is 29.4. The van der Waals surface area contributed by atoms with E-state index in [-0.39, 0.29) is 6.17 Å². The largest absolute Gasteiger partial charge is 0.456 e. The van der Waals surface area contributed by atoms with E-state index < -0.39 is 5.41 Å². The maximum Gasteiger partial charge on any atom is 0.145 e. The Morgan fingerprint density at radius 2 is 0.981 bits per heavy atom. The van der Waals surface area contributed by atoms with Crippen LogP contribution in [0.1, 0.15) is 45.1 Å². The van der Waals surface area contributed by atoms with E-state index >= 15 is 0 Å². The number of rotatable bonds is 4. The molecule has 0 bridgehead atoms. The van der Waals surface area contributed by atoms with Crippen molar-refractivity contribution in [3.8, 4) is 44.9 Å². The number of nitrogens with zero attached hydrogens (tertiary/aromatic N) is 1. The summed E-state index contributed by atoms with van der Waals surface area (Å²) in [6, 6.07) is 69.5. The molecule has 0 aromatic heterocycles. The molecule has 1 spiro atoms. The number of benzene rings is 8. The summed E-state index contributed by atoms with van der Waals surface area (Å²) in [7, 11) is 0. The molecule has 3 nitrogen and oxygen atoms in total. The number of hydrogen-bond donors (Lipinski definition) is 1. The minimum absolute atomic E-state index is 0.273. The van der Waals surface area contributed by atoms with Crippen LogP contribution in [0.2, 0.25) is 0 Å². The van der Waals surface area contributed by atoms with Crippen molar-refractivity contribution in [3.05, 3.63) is 233 Å². The van der Waals surface area contributed by atoms with Gasteiger partial charge >= 0.3 is 0 Å². The molecule has 0 radical (unpaired) electrons. The summed E-state index contributed by atoms with van der Waals surface area (Å²) in [5.74, 6) is 1.78. The second-order valence-electron chi connectivity index (χ2n) is 14.3. The fraction of sp³-hybridized carbons (Fsp3) is 0.0392. The zero-order valence-corrected chi connectivity index (χ0v) is 29.4.